The number of rotatable bonds is 7. The van der Waals surface area contributed by atoms with Crippen molar-refractivity contribution in [3.05, 3.63) is 53.3 Å². The summed E-state index contributed by atoms with van der Waals surface area (Å²) in [4.78, 5) is 15.3. The van der Waals surface area contributed by atoms with Gasteiger partial charge >= 0.3 is 0 Å². The monoisotopic (exact) mass is 369 g/mol. The largest absolute Gasteiger partial charge is 0.387 e. The van der Waals surface area contributed by atoms with E-state index >= 15 is 0 Å². The SMILES string of the molecule is CCCc1cc(C(=O)N(C[C@@H](O)c2ccccc2)C2CCCCC2)n(C)n1. The van der Waals surface area contributed by atoms with E-state index in [1.807, 2.05) is 48.3 Å². The summed E-state index contributed by atoms with van der Waals surface area (Å²) in [5, 5.41) is 15.3. The van der Waals surface area contributed by atoms with E-state index in [9.17, 15) is 9.90 Å². The highest BCUT2D eigenvalue weighted by atomic mass is 16.3. The van der Waals surface area contributed by atoms with Crippen molar-refractivity contribution >= 4 is 5.91 Å². The molecule has 0 saturated heterocycles. The molecule has 1 aliphatic carbocycles. The number of aliphatic hydroxyl groups excluding tert-OH is 1. The van der Waals surface area contributed by atoms with Gasteiger partial charge in [-0.2, -0.15) is 5.10 Å². The highest BCUT2D eigenvalue weighted by Crippen LogP contribution is 2.26. The predicted octanol–water partition coefficient (Wildman–Crippen LogP) is 3.88. The third-order valence-electron chi connectivity index (χ3n) is 5.49. The third kappa shape index (κ3) is 4.78. The summed E-state index contributed by atoms with van der Waals surface area (Å²) in [6.07, 6.45) is 6.72. The van der Waals surface area contributed by atoms with Gasteiger partial charge in [0.1, 0.15) is 5.69 Å². The molecule has 1 heterocycles. The van der Waals surface area contributed by atoms with Crippen molar-refractivity contribution in [1.29, 1.82) is 0 Å². The van der Waals surface area contributed by atoms with Gasteiger partial charge in [-0.05, 0) is 30.9 Å². The number of nitrogens with zero attached hydrogens (tertiary/aromatic N) is 3. The molecule has 3 rings (SSSR count). The fourth-order valence-corrected chi connectivity index (χ4v) is 4.01. The van der Waals surface area contributed by atoms with E-state index in [1.54, 1.807) is 4.68 Å². The van der Waals surface area contributed by atoms with Gasteiger partial charge in [0.05, 0.1) is 18.3 Å². The molecular formula is C22H31N3O2. The maximum Gasteiger partial charge on any atom is 0.272 e. The van der Waals surface area contributed by atoms with Crippen LogP contribution in [0.2, 0.25) is 0 Å². The van der Waals surface area contributed by atoms with Crippen LogP contribution in [0.15, 0.2) is 36.4 Å². The highest BCUT2D eigenvalue weighted by molar-refractivity contribution is 5.93. The average Bonchev–Trinajstić information content (AvgIpc) is 3.07. The second-order valence-corrected chi connectivity index (χ2v) is 7.57. The van der Waals surface area contributed by atoms with Crippen molar-refractivity contribution in [2.24, 2.45) is 7.05 Å². The zero-order valence-corrected chi connectivity index (χ0v) is 16.5. The smallest absolute Gasteiger partial charge is 0.272 e. The second kappa shape index (κ2) is 9.18. The Labute approximate surface area is 162 Å². The van der Waals surface area contributed by atoms with Crippen LogP contribution in [-0.2, 0) is 13.5 Å². The normalized spacial score (nSPS) is 16.3. The summed E-state index contributed by atoms with van der Waals surface area (Å²) in [5.74, 6) is -0.0192. The molecule has 1 amide bonds. The minimum atomic E-state index is -0.680. The molecule has 1 N–H and O–H groups in total. The first kappa shape index (κ1) is 19.6. The summed E-state index contributed by atoms with van der Waals surface area (Å²) >= 11 is 0. The van der Waals surface area contributed by atoms with Crippen LogP contribution < -0.4 is 0 Å². The fraction of sp³-hybridized carbons (Fsp3) is 0.545. The van der Waals surface area contributed by atoms with Gasteiger partial charge in [0.2, 0.25) is 0 Å². The van der Waals surface area contributed by atoms with Gasteiger partial charge in [-0.1, -0.05) is 62.9 Å². The van der Waals surface area contributed by atoms with E-state index in [0.717, 1.165) is 49.8 Å². The maximum atomic E-state index is 13.4. The van der Waals surface area contributed by atoms with Crippen LogP contribution in [-0.4, -0.2) is 38.3 Å². The summed E-state index contributed by atoms with van der Waals surface area (Å²) in [7, 11) is 1.83. The van der Waals surface area contributed by atoms with Gasteiger partial charge in [0.15, 0.2) is 0 Å². The summed E-state index contributed by atoms with van der Waals surface area (Å²) in [6, 6.07) is 11.7. The molecule has 1 fully saturated rings. The number of benzene rings is 1. The highest BCUT2D eigenvalue weighted by Gasteiger charge is 2.30. The van der Waals surface area contributed by atoms with Crippen molar-refractivity contribution in [1.82, 2.24) is 14.7 Å². The molecule has 2 aromatic rings. The van der Waals surface area contributed by atoms with Crippen LogP contribution in [0.25, 0.3) is 0 Å². The molecular weight excluding hydrogens is 338 g/mol. The summed E-state index contributed by atoms with van der Waals surface area (Å²) in [5.41, 5.74) is 2.42. The van der Waals surface area contributed by atoms with Crippen molar-refractivity contribution in [3.63, 3.8) is 0 Å². The van der Waals surface area contributed by atoms with Crippen LogP contribution in [0, 0.1) is 0 Å². The van der Waals surface area contributed by atoms with Gasteiger partial charge in [-0.25, -0.2) is 0 Å². The molecule has 1 atom stereocenters. The molecule has 0 bridgehead atoms. The van der Waals surface area contributed by atoms with Crippen molar-refractivity contribution < 1.29 is 9.90 Å². The minimum absolute atomic E-state index is 0.0192. The number of aliphatic hydroxyl groups is 1. The molecule has 0 unspecified atom stereocenters. The van der Waals surface area contributed by atoms with Crippen LogP contribution >= 0.6 is 0 Å². The second-order valence-electron chi connectivity index (χ2n) is 7.57. The number of hydrogen-bond acceptors (Lipinski definition) is 3. The van der Waals surface area contributed by atoms with E-state index < -0.39 is 6.10 Å². The number of carbonyl (C=O) groups excluding carboxylic acids is 1. The number of hydrogen-bond donors (Lipinski definition) is 1. The van der Waals surface area contributed by atoms with Gasteiger partial charge in [-0.15, -0.1) is 0 Å². The number of carbonyl (C=O) groups is 1. The molecule has 5 heteroatoms. The molecule has 1 aliphatic rings. The molecule has 0 aliphatic heterocycles. The summed E-state index contributed by atoms with van der Waals surface area (Å²) < 4.78 is 1.69. The Morgan fingerprint density at radius 1 is 1.26 bits per heavy atom. The standard InChI is InChI=1S/C22H31N3O2/c1-3-10-18-15-20(24(2)23-18)22(27)25(19-13-8-5-9-14-19)16-21(26)17-11-6-4-7-12-17/h4,6-7,11-12,15,19,21,26H,3,5,8-10,13-14,16H2,1-2H3/t21-/m1/s1. The molecule has 0 spiro atoms. The Bertz CT molecular complexity index is 735. The topological polar surface area (TPSA) is 58.4 Å². The maximum absolute atomic E-state index is 13.4. The molecule has 1 aromatic carbocycles. The van der Waals surface area contributed by atoms with Crippen molar-refractivity contribution in [2.45, 2.75) is 64.0 Å². The molecule has 0 radical (unpaired) electrons. The lowest BCUT2D eigenvalue weighted by Crippen LogP contribution is -2.44. The first-order valence-corrected chi connectivity index (χ1v) is 10.2. The van der Waals surface area contributed by atoms with Crippen LogP contribution in [0.4, 0.5) is 0 Å². The van der Waals surface area contributed by atoms with Gasteiger partial charge in [-0.3, -0.25) is 9.48 Å². The van der Waals surface area contributed by atoms with Gasteiger partial charge in [0.25, 0.3) is 5.91 Å². The minimum Gasteiger partial charge on any atom is -0.387 e. The molecule has 1 aromatic heterocycles. The number of amides is 1. The first-order chi connectivity index (χ1) is 13.1. The van der Waals surface area contributed by atoms with E-state index in [-0.39, 0.29) is 11.9 Å². The zero-order valence-electron chi connectivity index (χ0n) is 16.5. The zero-order chi connectivity index (χ0) is 19.2. The third-order valence-corrected chi connectivity index (χ3v) is 5.49. The summed E-state index contributed by atoms with van der Waals surface area (Å²) in [6.45, 7) is 2.43. The molecule has 27 heavy (non-hydrogen) atoms. The molecule has 5 nitrogen and oxygen atoms in total. The van der Waals surface area contributed by atoms with Crippen LogP contribution in [0.3, 0.4) is 0 Å². The van der Waals surface area contributed by atoms with E-state index in [2.05, 4.69) is 12.0 Å². The number of aryl methyl sites for hydroxylation is 2. The van der Waals surface area contributed by atoms with E-state index in [0.29, 0.717) is 12.2 Å². The molecule has 1 saturated carbocycles. The van der Waals surface area contributed by atoms with Crippen LogP contribution in [0.5, 0.6) is 0 Å². The quantitative estimate of drug-likeness (QED) is 0.806. The van der Waals surface area contributed by atoms with E-state index in [1.165, 1.54) is 6.42 Å². The average molecular weight is 370 g/mol. The lowest BCUT2D eigenvalue weighted by molar-refractivity contribution is 0.0444. The number of aromatic nitrogens is 2. The Kier molecular flexibility index (Phi) is 6.67. The van der Waals surface area contributed by atoms with Crippen molar-refractivity contribution in [3.8, 4) is 0 Å². The Balaban J connectivity index is 1.83. The lowest BCUT2D eigenvalue weighted by Gasteiger charge is -2.35. The Hall–Kier alpha value is -2.14. The van der Waals surface area contributed by atoms with Crippen LogP contribution in [0.1, 0.15) is 73.3 Å². The Morgan fingerprint density at radius 3 is 2.63 bits per heavy atom. The van der Waals surface area contributed by atoms with Gasteiger partial charge < -0.3 is 10.0 Å². The molecule has 146 valence electrons. The fourth-order valence-electron chi connectivity index (χ4n) is 4.01. The van der Waals surface area contributed by atoms with E-state index in [4.69, 9.17) is 0 Å². The predicted molar refractivity (Wildman–Crippen MR) is 107 cm³/mol. The lowest BCUT2D eigenvalue weighted by atomic mass is 9.93. The first-order valence-electron chi connectivity index (χ1n) is 10.2. The Morgan fingerprint density at radius 2 is 1.96 bits per heavy atom. The van der Waals surface area contributed by atoms with Crippen molar-refractivity contribution in [2.75, 3.05) is 6.54 Å². The van der Waals surface area contributed by atoms with Gasteiger partial charge in [0, 0.05) is 13.1 Å².